The first kappa shape index (κ1) is 13.1. The molecule has 0 aromatic heterocycles. The van der Waals surface area contributed by atoms with Gasteiger partial charge >= 0.3 is 0 Å². The van der Waals surface area contributed by atoms with Crippen molar-refractivity contribution in [3.63, 3.8) is 0 Å². The molecule has 90 valence electrons. The van der Waals surface area contributed by atoms with E-state index in [0.717, 1.165) is 13.0 Å². The highest BCUT2D eigenvalue weighted by atomic mass is 32.2. The Labute approximate surface area is 95.3 Å². The molecule has 1 aliphatic carbocycles. The summed E-state index contributed by atoms with van der Waals surface area (Å²) in [5, 5.41) is 3.55. The molecule has 0 aromatic carbocycles. The van der Waals surface area contributed by atoms with Gasteiger partial charge in [0.1, 0.15) is 0 Å². The fourth-order valence-electron chi connectivity index (χ4n) is 2.27. The zero-order valence-corrected chi connectivity index (χ0v) is 10.4. The van der Waals surface area contributed by atoms with E-state index in [1.54, 1.807) is 0 Å². The number of hydrogen-bond donors (Lipinski definition) is 2. The van der Waals surface area contributed by atoms with E-state index in [0.29, 0.717) is 5.75 Å². The fourth-order valence-corrected chi connectivity index (χ4v) is 2.66. The van der Waals surface area contributed by atoms with Gasteiger partial charge in [0.15, 0.2) is 11.1 Å². The first-order chi connectivity index (χ1) is 7.12. The van der Waals surface area contributed by atoms with Gasteiger partial charge in [-0.1, -0.05) is 25.7 Å². The topological polar surface area (TPSA) is 49.3 Å². The Hall–Kier alpha value is 0.0700. The van der Waals surface area contributed by atoms with Crippen LogP contribution in [0.1, 0.15) is 51.9 Å². The highest BCUT2D eigenvalue weighted by Gasteiger charge is 2.24. The van der Waals surface area contributed by atoms with Crippen molar-refractivity contribution in [1.29, 1.82) is 0 Å². The van der Waals surface area contributed by atoms with Gasteiger partial charge in [-0.25, -0.2) is 4.21 Å². The molecule has 0 aromatic rings. The lowest BCUT2D eigenvalue weighted by Gasteiger charge is -2.29. The summed E-state index contributed by atoms with van der Waals surface area (Å²) in [5.41, 5.74) is 0.271. The molecule has 0 aliphatic heterocycles. The molecule has 1 fully saturated rings. The molecule has 0 heterocycles. The van der Waals surface area contributed by atoms with Crippen LogP contribution in [0.25, 0.3) is 0 Å². The summed E-state index contributed by atoms with van der Waals surface area (Å²) in [7, 11) is 0. The van der Waals surface area contributed by atoms with Crippen LogP contribution in [0.5, 0.6) is 0 Å². The van der Waals surface area contributed by atoms with Gasteiger partial charge in [0.2, 0.25) is 0 Å². The molecule has 4 heteroatoms. The second kappa shape index (κ2) is 6.61. The Kier molecular flexibility index (Phi) is 5.79. The van der Waals surface area contributed by atoms with Crippen LogP contribution < -0.4 is 5.32 Å². The molecule has 0 amide bonds. The molecule has 2 N–H and O–H groups in total. The summed E-state index contributed by atoms with van der Waals surface area (Å²) >= 11 is -1.63. The van der Waals surface area contributed by atoms with Crippen molar-refractivity contribution in [3.8, 4) is 0 Å². The third kappa shape index (κ3) is 5.64. The minimum absolute atomic E-state index is 0.271. The van der Waals surface area contributed by atoms with Crippen molar-refractivity contribution >= 4 is 11.1 Å². The van der Waals surface area contributed by atoms with Crippen LogP contribution in [0.4, 0.5) is 0 Å². The third-order valence-electron chi connectivity index (χ3n) is 3.25. The maximum Gasteiger partial charge on any atom is 0.152 e. The van der Waals surface area contributed by atoms with E-state index >= 15 is 0 Å². The Morgan fingerprint density at radius 2 is 1.87 bits per heavy atom. The minimum atomic E-state index is -1.63. The van der Waals surface area contributed by atoms with Crippen molar-refractivity contribution in [2.24, 2.45) is 0 Å². The van der Waals surface area contributed by atoms with Crippen molar-refractivity contribution < 1.29 is 8.76 Å². The summed E-state index contributed by atoms with van der Waals surface area (Å²) in [6, 6.07) is 0. The maximum atomic E-state index is 10.5. The fraction of sp³-hybridized carbons (Fsp3) is 1.00. The molecular formula is C11H23NO2S. The Balaban J connectivity index is 2.19. The molecule has 0 saturated heterocycles. The highest BCUT2D eigenvalue weighted by Crippen LogP contribution is 2.26. The lowest BCUT2D eigenvalue weighted by atomic mass is 9.92. The lowest BCUT2D eigenvalue weighted by Crippen LogP contribution is -2.42. The highest BCUT2D eigenvalue weighted by molar-refractivity contribution is 7.79. The van der Waals surface area contributed by atoms with Crippen LogP contribution in [0, 0.1) is 0 Å². The summed E-state index contributed by atoms with van der Waals surface area (Å²) in [6.07, 6.45) is 8.63. The van der Waals surface area contributed by atoms with Gasteiger partial charge < -0.3 is 9.87 Å². The third-order valence-corrected chi connectivity index (χ3v) is 3.89. The molecule has 15 heavy (non-hydrogen) atoms. The van der Waals surface area contributed by atoms with Gasteiger partial charge in [-0.3, -0.25) is 0 Å². The van der Waals surface area contributed by atoms with Crippen molar-refractivity contribution in [1.82, 2.24) is 5.32 Å². The van der Waals surface area contributed by atoms with Crippen LogP contribution in [0.3, 0.4) is 0 Å². The van der Waals surface area contributed by atoms with Crippen LogP contribution >= 0.6 is 0 Å². The van der Waals surface area contributed by atoms with E-state index in [9.17, 15) is 4.21 Å². The van der Waals surface area contributed by atoms with E-state index < -0.39 is 11.1 Å². The molecule has 1 unspecified atom stereocenters. The van der Waals surface area contributed by atoms with E-state index in [-0.39, 0.29) is 5.54 Å². The van der Waals surface area contributed by atoms with Gasteiger partial charge in [0.05, 0.1) is 5.75 Å². The van der Waals surface area contributed by atoms with Crippen LogP contribution in [-0.4, -0.2) is 26.6 Å². The second-order valence-electron chi connectivity index (χ2n) is 4.78. The SMILES string of the molecule is CC1(NCCCS(=O)O)CCCCCC1. The predicted molar refractivity (Wildman–Crippen MR) is 64.4 cm³/mol. The summed E-state index contributed by atoms with van der Waals surface area (Å²) in [6.45, 7) is 3.15. The first-order valence-electron chi connectivity index (χ1n) is 5.95. The largest absolute Gasteiger partial charge is 0.311 e. The van der Waals surface area contributed by atoms with E-state index in [2.05, 4.69) is 12.2 Å². The van der Waals surface area contributed by atoms with E-state index in [4.69, 9.17) is 4.55 Å². The van der Waals surface area contributed by atoms with Crippen molar-refractivity contribution in [2.45, 2.75) is 57.4 Å². The van der Waals surface area contributed by atoms with Gasteiger partial charge in [-0.2, -0.15) is 0 Å². The summed E-state index contributed by atoms with van der Waals surface area (Å²) < 4.78 is 19.1. The Bertz CT molecular complexity index is 201. The quantitative estimate of drug-likeness (QED) is 0.435. The predicted octanol–water partition coefficient (Wildman–Crippen LogP) is 2.30. The van der Waals surface area contributed by atoms with Crippen molar-refractivity contribution in [3.05, 3.63) is 0 Å². The molecule has 3 nitrogen and oxygen atoms in total. The van der Waals surface area contributed by atoms with Gasteiger partial charge in [-0.15, -0.1) is 0 Å². The first-order valence-corrected chi connectivity index (χ1v) is 7.22. The maximum absolute atomic E-state index is 10.5. The van der Waals surface area contributed by atoms with Crippen LogP contribution in [-0.2, 0) is 11.1 Å². The Morgan fingerprint density at radius 3 is 2.40 bits per heavy atom. The van der Waals surface area contributed by atoms with Crippen LogP contribution in [0.15, 0.2) is 0 Å². The molecule has 1 aliphatic rings. The molecule has 1 rings (SSSR count). The lowest BCUT2D eigenvalue weighted by molar-refractivity contribution is 0.314. The minimum Gasteiger partial charge on any atom is -0.311 e. The normalized spacial score (nSPS) is 23.3. The average molecular weight is 233 g/mol. The summed E-state index contributed by atoms with van der Waals surface area (Å²) in [5.74, 6) is 0.392. The monoisotopic (exact) mass is 233 g/mol. The standard InChI is InChI=1S/C11H23NO2S/c1-11(7-4-2-3-5-8-11)12-9-6-10-15(13)14/h12H,2-10H2,1H3,(H,13,14). The zero-order valence-electron chi connectivity index (χ0n) is 9.63. The number of nitrogens with one attached hydrogen (secondary N) is 1. The molecule has 1 atom stereocenters. The number of rotatable bonds is 5. The van der Waals surface area contributed by atoms with Gasteiger partial charge in [0.25, 0.3) is 0 Å². The van der Waals surface area contributed by atoms with Crippen molar-refractivity contribution in [2.75, 3.05) is 12.3 Å². The Morgan fingerprint density at radius 1 is 1.27 bits per heavy atom. The number of hydrogen-bond acceptors (Lipinski definition) is 2. The van der Waals surface area contributed by atoms with Gasteiger partial charge in [0, 0.05) is 5.54 Å². The van der Waals surface area contributed by atoms with E-state index in [1.807, 2.05) is 0 Å². The molecule has 0 spiro atoms. The second-order valence-corrected chi connectivity index (χ2v) is 5.83. The zero-order chi connectivity index (χ0) is 11.1. The van der Waals surface area contributed by atoms with Crippen LogP contribution in [0.2, 0.25) is 0 Å². The smallest absolute Gasteiger partial charge is 0.152 e. The molecule has 0 bridgehead atoms. The van der Waals surface area contributed by atoms with E-state index in [1.165, 1.54) is 38.5 Å². The average Bonchev–Trinajstić information content (AvgIpc) is 2.38. The summed E-state index contributed by atoms with van der Waals surface area (Å²) in [4.78, 5) is 0. The molecular weight excluding hydrogens is 210 g/mol. The van der Waals surface area contributed by atoms with Gasteiger partial charge in [-0.05, 0) is 32.7 Å². The molecule has 0 radical (unpaired) electrons. The molecule has 1 saturated carbocycles.